The maximum absolute atomic E-state index is 11.0. The maximum atomic E-state index is 11.0. The third-order valence-corrected chi connectivity index (χ3v) is 6.06. The van der Waals surface area contributed by atoms with Gasteiger partial charge in [0, 0.05) is 40.0 Å². The number of hydrogen-bond acceptors (Lipinski definition) is 5. The van der Waals surface area contributed by atoms with Crippen molar-refractivity contribution in [2.45, 2.75) is 0 Å². The summed E-state index contributed by atoms with van der Waals surface area (Å²) >= 11 is 3.03. The number of thiophene rings is 2. The molecule has 2 aromatic heterocycles. The molecule has 0 saturated heterocycles. The van der Waals surface area contributed by atoms with Gasteiger partial charge in [0.15, 0.2) is 0 Å². The molecule has 0 aliphatic carbocycles. The Morgan fingerprint density at radius 3 is 2.32 bits per heavy atom. The second-order valence-corrected chi connectivity index (χ2v) is 8.23. The van der Waals surface area contributed by atoms with Crippen molar-refractivity contribution in [3.8, 4) is 27.7 Å². The normalized spacial score (nSPS) is 10.7. The van der Waals surface area contributed by atoms with E-state index in [2.05, 4.69) is 11.8 Å². The van der Waals surface area contributed by atoms with Crippen LogP contribution in [-0.4, -0.2) is 25.2 Å². The maximum Gasteiger partial charge on any atom is 0.346 e. The van der Waals surface area contributed by atoms with E-state index in [1.807, 2.05) is 67.5 Å². The summed E-state index contributed by atoms with van der Waals surface area (Å²) in [6.07, 6.45) is 1.39. The van der Waals surface area contributed by atoms with Crippen LogP contribution in [-0.2, 0) is 4.79 Å². The summed E-state index contributed by atoms with van der Waals surface area (Å²) in [4.78, 5) is 16.8. The van der Waals surface area contributed by atoms with Crippen LogP contribution in [0.2, 0.25) is 0 Å². The van der Waals surface area contributed by atoms with Crippen LogP contribution in [0.3, 0.4) is 0 Å². The smallest absolute Gasteiger partial charge is 0.346 e. The van der Waals surface area contributed by atoms with E-state index in [0.29, 0.717) is 0 Å². The molecule has 0 amide bonds. The molecule has 0 unspecified atom stereocenters. The highest BCUT2D eigenvalue weighted by molar-refractivity contribution is 7.22. The Morgan fingerprint density at radius 2 is 1.68 bits per heavy atom. The van der Waals surface area contributed by atoms with Gasteiger partial charge in [0.05, 0.1) is 4.88 Å². The summed E-state index contributed by atoms with van der Waals surface area (Å²) in [5.74, 6) is 5.15. The monoisotopic (exact) mass is 404 g/mol. The van der Waals surface area contributed by atoms with Crippen LogP contribution in [0, 0.1) is 23.2 Å². The van der Waals surface area contributed by atoms with Crippen molar-refractivity contribution in [1.29, 1.82) is 5.26 Å². The van der Waals surface area contributed by atoms with E-state index in [9.17, 15) is 4.79 Å². The van der Waals surface area contributed by atoms with E-state index in [1.54, 1.807) is 17.4 Å². The van der Waals surface area contributed by atoms with Gasteiger partial charge in [-0.3, -0.25) is 0 Å². The highest BCUT2D eigenvalue weighted by Gasteiger charge is 2.09. The topological polar surface area (TPSA) is 64.3 Å². The molecule has 2 heterocycles. The number of carboxylic acids is 1. The number of nitrogens with zero attached hydrogens (tertiary/aromatic N) is 2. The van der Waals surface area contributed by atoms with Crippen molar-refractivity contribution in [3.63, 3.8) is 0 Å². The molecule has 6 heteroatoms. The fourth-order valence-corrected chi connectivity index (χ4v) is 4.26. The highest BCUT2D eigenvalue weighted by atomic mass is 32.1. The van der Waals surface area contributed by atoms with Crippen LogP contribution in [0.25, 0.3) is 15.8 Å². The molecule has 0 fully saturated rings. The first-order valence-corrected chi connectivity index (χ1v) is 9.94. The van der Waals surface area contributed by atoms with Gasteiger partial charge in [0.2, 0.25) is 0 Å². The molecule has 0 bridgehead atoms. The van der Waals surface area contributed by atoms with Crippen molar-refractivity contribution >= 4 is 40.4 Å². The summed E-state index contributed by atoms with van der Waals surface area (Å²) < 4.78 is 0. The van der Waals surface area contributed by atoms with Crippen LogP contribution in [0.4, 0.5) is 5.69 Å². The minimum absolute atomic E-state index is 0.272. The number of rotatable bonds is 4. The van der Waals surface area contributed by atoms with E-state index in [-0.39, 0.29) is 5.57 Å². The lowest BCUT2D eigenvalue weighted by molar-refractivity contribution is -0.132. The predicted octanol–water partition coefficient (Wildman–Crippen LogP) is 4.93. The molecule has 0 atom stereocenters. The van der Waals surface area contributed by atoms with Crippen molar-refractivity contribution in [3.05, 3.63) is 69.4 Å². The van der Waals surface area contributed by atoms with Gasteiger partial charge in [-0.25, -0.2) is 4.79 Å². The fourth-order valence-electron chi connectivity index (χ4n) is 2.36. The van der Waals surface area contributed by atoms with Crippen LogP contribution in [0.5, 0.6) is 0 Å². The molecule has 3 aromatic rings. The third-order valence-electron chi connectivity index (χ3n) is 3.83. The number of nitriles is 1. The largest absolute Gasteiger partial charge is 0.477 e. The summed E-state index contributed by atoms with van der Waals surface area (Å²) in [6, 6.07) is 17.5. The van der Waals surface area contributed by atoms with Crippen LogP contribution in [0.1, 0.15) is 15.3 Å². The van der Waals surface area contributed by atoms with Gasteiger partial charge in [0.25, 0.3) is 0 Å². The minimum atomic E-state index is -1.22. The summed E-state index contributed by atoms with van der Waals surface area (Å²) in [5.41, 5.74) is 1.82. The average molecular weight is 405 g/mol. The van der Waals surface area contributed by atoms with Crippen molar-refractivity contribution in [2.24, 2.45) is 0 Å². The second-order valence-electron chi connectivity index (χ2n) is 6.03. The minimum Gasteiger partial charge on any atom is -0.477 e. The standard InChI is InChI=1S/C22H16N2O2S2/c1-24(2)17-6-3-15(4-7-17)5-8-18-9-11-20(27-18)21-12-10-19(28-21)13-16(14-23)22(25)26/h3-4,6-7,9-13H,1-2H3,(H,25,26)/b16-13-. The Morgan fingerprint density at radius 1 is 1.00 bits per heavy atom. The Labute approximate surface area is 171 Å². The average Bonchev–Trinajstić information content (AvgIpc) is 3.33. The van der Waals surface area contributed by atoms with Crippen LogP contribution in [0.15, 0.2) is 54.1 Å². The molecular formula is C22H16N2O2S2. The summed E-state index contributed by atoms with van der Waals surface area (Å²) in [6.45, 7) is 0. The van der Waals surface area contributed by atoms with E-state index in [1.165, 1.54) is 17.4 Å². The zero-order valence-electron chi connectivity index (χ0n) is 15.3. The predicted molar refractivity (Wildman–Crippen MR) is 116 cm³/mol. The zero-order valence-corrected chi connectivity index (χ0v) is 16.9. The zero-order chi connectivity index (χ0) is 20.1. The highest BCUT2D eigenvalue weighted by Crippen LogP contribution is 2.34. The number of benzene rings is 1. The molecule has 0 saturated carbocycles. The lowest BCUT2D eigenvalue weighted by Crippen LogP contribution is -2.07. The Balaban J connectivity index is 1.77. The van der Waals surface area contributed by atoms with E-state index >= 15 is 0 Å². The second kappa shape index (κ2) is 8.58. The van der Waals surface area contributed by atoms with Gasteiger partial charge in [-0.2, -0.15) is 5.26 Å². The van der Waals surface area contributed by atoms with E-state index in [4.69, 9.17) is 10.4 Å². The number of aliphatic carboxylic acids is 1. The first-order chi connectivity index (χ1) is 13.5. The Bertz CT molecular complexity index is 1130. The molecule has 0 aliphatic rings. The molecule has 1 aromatic carbocycles. The molecule has 0 spiro atoms. The Kier molecular flexibility index (Phi) is 5.96. The van der Waals surface area contributed by atoms with E-state index in [0.717, 1.165) is 30.8 Å². The quantitative estimate of drug-likeness (QED) is 0.380. The fraction of sp³-hybridized carbons (Fsp3) is 0.0909. The van der Waals surface area contributed by atoms with Crippen molar-refractivity contribution in [2.75, 3.05) is 19.0 Å². The number of hydrogen-bond donors (Lipinski definition) is 1. The van der Waals surface area contributed by atoms with Gasteiger partial charge in [0.1, 0.15) is 11.6 Å². The van der Waals surface area contributed by atoms with Gasteiger partial charge < -0.3 is 10.0 Å². The van der Waals surface area contributed by atoms with Crippen LogP contribution < -0.4 is 4.90 Å². The Hall–Kier alpha value is -3.32. The molecule has 4 nitrogen and oxygen atoms in total. The van der Waals surface area contributed by atoms with Gasteiger partial charge in [-0.05, 0) is 54.6 Å². The van der Waals surface area contributed by atoms with Crippen molar-refractivity contribution < 1.29 is 9.90 Å². The third kappa shape index (κ3) is 4.69. The van der Waals surface area contributed by atoms with Gasteiger partial charge in [-0.1, -0.05) is 11.8 Å². The van der Waals surface area contributed by atoms with Gasteiger partial charge in [-0.15, -0.1) is 22.7 Å². The van der Waals surface area contributed by atoms with Crippen molar-refractivity contribution in [1.82, 2.24) is 0 Å². The first kappa shape index (κ1) is 19.4. The SMILES string of the molecule is CN(C)c1ccc(C#Cc2ccc(-c3ccc(/C=C(/C#N)C(=O)O)s3)s2)cc1. The number of carboxylic acid groups (broad SMARTS) is 1. The van der Waals surface area contributed by atoms with Crippen LogP contribution >= 0.6 is 22.7 Å². The molecule has 0 radical (unpaired) electrons. The summed E-state index contributed by atoms with van der Waals surface area (Å²) in [7, 11) is 4.00. The number of carbonyl (C=O) groups is 1. The molecular weight excluding hydrogens is 388 g/mol. The molecule has 0 aliphatic heterocycles. The molecule has 138 valence electrons. The van der Waals surface area contributed by atoms with Gasteiger partial charge >= 0.3 is 5.97 Å². The molecule has 28 heavy (non-hydrogen) atoms. The molecule has 1 N–H and O–H groups in total. The first-order valence-electron chi connectivity index (χ1n) is 8.31. The lowest BCUT2D eigenvalue weighted by atomic mass is 10.2. The number of anilines is 1. The molecule has 3 rings (SSSR count). The summed E-state index contributed by atoms with van der Waals surface area (Å²) in [5, 5.41) is 17.8. The lowest BCUT2D eigenvalue weighted by Gasteiger charge is -2.11. The van der Waals surface area contributed by atoms with E-state index < -0.39 is 5.97 Å².